The Morgan fingerprint density at radius 2 is 0.286 bits per heavy atom. The maximum atomic E-state index is 0. The minimum absolute atomic E-state index is 0. The summed E-state index contributed by atoms with van der Waals surface area (Å²) in [5.74, 6) is 0. The third-order valence-corrected chi connectivity index (χ3v) is 0. The minimum atomic E-state index is 0. The number of rotatable bonds is 0. The van der Waals surface area contributed by atoms with Crippen LogP contribution < -0.4 is 0 Å². The van der Waals surface area contributed by atoms with Gasteiger partial charge in [0.05, 0.1) is 0 Å². The van der Waals surface area contributed by atoms with Crippen molar-refractivity contribution in [3.05, 3.63) is 0 Å². The van der Waals surface area contributed by atoms with Gasteiger partial charge in [-0.15, -0.1) is 74.4 Å². The molecule has 0 aromatic carbocycles. The second-order valence-electron chi connectivity index (χ2n) is 0. The second kappa shape index (κ2) is 81.2. The molecule has 0 N–H and O–H groups in total. The quantitative estimate of drug-likeness (QED) is 0.602. The van der Waals surface area contributed by atoms with Crippen LogP contribution in [0.4, 0.5) is 0 Å². The summed E-state index contributed by atoms with van der Waals surface area (Å²) in [7, 11) is 0. The molecule has 1 radical (unpaired) electrons. The second-order valence-corrected chi connectivity index (χ2v) is 0. The zero-order valence-corrected chi connectivity index (χ0v) is 9.32. The van der Waals surface area contributed by atoms with Crippen LogP contribution in [0.15, 0.2) is 0 Å². The van der Waals surface area contributed by atoms with E-state index < -0.39 is 0 Å². The fourth-order valence-electron chi connectivity index (χ4n) is 0. The van der Waals surface area contributed by atoms with Crippen molar-refractivity contribution in [2.24, 2.45) is 0 Å². The largest absolute Gasteiger partial charge is 0.147 e. The molecule has 0 bridgehead atoms. The molecule has 0 aromatic heterocycles. The van der Waals surface area contributed by atoms with E-state index in [1.165, 1.54) is 0 Å². The SMILES string of the molecule is Cl.Cl.Cl.Cl.Cl.Cl.[Rh]. The Morgan fingerprint density at radius 1 is 0.286 bits per heavy atom. The maximum Gasteiger partial charge on any atom is 0 e. The molecule has 0 rings (SSSR count). The number of hydrogen-bond donors (Lipinski definition) is 0. The summed E-state index contributed by atoms with van der Waals surface area (Å²) in [6.07, 6.45) is 0. The Kier molecular flexibility index (Phi) is 1360. The van der Waals surface area contributed by atoms with Crippen molar-refractivity contribution >= 4 is 74.4 Å². The molecule has 0 nitrogen and oxygen atoms in total. The Bertz CT molecular complexity index is 4.14. The van der Waals surface area contributed by atoms with E-state index >= 15 is 0 Å². The summed E-state index contributed by atoms with van der Waals surface area (Å²) in [6, 6.07) is 0. The normalized spacial score (nSPS) is 0. The van der Waals surface area contributed by atoms with Crippen molar-refractivity contribution in [2.45, 2.75) is 0 Å². The van der Waals surface area contributed by atoms with Crippen LogP contribution in [0.5, 0.6) is 0 Å². The van der Waals surface area contributed by atoms with Crippen molar-refractivity contribution in [1.29, 1.82) is 0 Å². The number of hydrogen-bond acceptors (Lipinski definition) is 0. The zero-order valence-electron chi connectivity index (χ0n) is 2.78. The third-order valence-electron chi connectivity index (χ3n) is 0. The predicted octanol–water partition coefficient (Wildman–Crippen LogP) is 2.53. The van der Waals surface area contributed by atoms with E-state index in [1.54, 1.807) is 0 Å². The van der Waals surface area contributed by atoms with E-state index in [0.29, 0.717) is 0 Å². The first-order valence-electron chi connectivity index (χ1n) is 0. The van der Waals surface area contributed by atoms with Crippen LogP contribution >= 0.6 is 74.4 Å². The smallest absolute Gasteiger partial charge is 0 e. The molecule has 0 aliphatic carbocycles. The molecule has 0 fully saturated rings. The molecule has 0 saturated carbocycles. The first-order chi connectivity index (χ1) is 0. The van der Waals surface area contributed by atoms with Crippen molar-refractivity contribution in [3.63, 3.8) is 0 Å². The van der Waals surface area contributed by atoms with E-state index in [4.69, 9.17) is 0 Å². The van der Waals surface area contributed by atoms with Gasteiger partial charge in [0.15, 0.2) is 0 Å². The summed E-state index contributed by atoms with van der Waals surface area (Å²) in [5.41, 5.74) is 0. The Morgan fingerprint density at radius 3 is 0.286 bits per heavy atom. The van der Waals surface area contributed by atoms with Crippen molar-refractivity contribution < 1.29 is 19.5 Å². The van der Waals surface area contributed by atoms with E-state index in [9.17, 15) is 0 Å². The molecule has 0 aromatic rings. The average molecular weight is 322 g/mol. The van der Waals surface area contributed by atoms with Gasteiger partial charge >= 0.3 is 0 Å². The van der Waals surface area contributed by atoms with Crippen molar-refractivity contribution in [3.8, 4) is 0 Å². The van der Waals surface area contributed by atoms with Crippen LogP contribution in [0.25, 0.3) is 0 Å². The molecule has 0 heterocycles. The fourth-order valence-corrected chi connectivity index (χ4v) is 0. The van der Waals surface area contributed by atoms with Gasteiger partial charge in [0, 0.05) is 19.5 Å². The third kappa shape index (κ3) is 60.6. The van der Waals surface area contributed by atoms with Crippen LogP contribution in [-0.4, -0.2) is 0 Å². The average Bonchev–Trinajstić information content (AvgIpc) is 0. The molecule has 7 heavy (non-hydrogen) atoms. The molecular weight excluding hydrogens is 316 g/mol. The summed E-state index contributed by atoms with van der Waals surface area (Å²) >= 11 is 0. The summed E-state index contributed by atoms with van der Waals surface area (Å²) in [6.45, 7) is 0. The van der Waals surface area contributed by atoms with Crippen LogP contribution in [0.3, 0.4) is 0 Å². The van der Waals surface area contributed by atoms with E-state index in [2.05, 4.69) is 0 Å². The van der Waals surface area contributed by atoms with Crippen LogP contribution in [0.2, 0.25) is 0 Å². The van der Waals surface area contributed by atoms with Crippen LogP contribution in [0, 0.1) is 0 Å². The van der Waals surface area contributed by atoms with Crippen LogP contribution in [0.1, 0.15) is 0 Å². The van der Waals surface area contributed by atoms with Gasteiger partial charge in [-0.2, -0.15) is 0 Å². The van der Waals surface area contributed by atoms with Gasteiger partial charge < -0.3 is 0 Å². The Balaban J connectivity index is 0. The first kappa shape index (κ1) is 117. The molecular formula is H6Cl6Rh. The van der Waals surface area contributed by atoms with E-state index in [-0.39, 0.29) is 93.9 Å². The van der Waals surface area contributed by atoms with Gasteiger partial charge in [-0.1, -0.05) is 0 Å². The topological polar surface area (TPSA) is 0 Å². The van der Waals surface area contributed by atoms with E-state index in [0.717, 1.165) is 0 Å². The maximum absolute atomic E-state index is 0. The summed E-state index contributed by atoms with van der Waals surface area (Å²) < 4.78 is 0. The first-order valence-corrected chi connectivity index (χ1v) is 0. The van der Waals surface area contributed by atoms with Gasteiger partial charge in [0.25, 0.3) is 0 Å². The van der Waals surface area contributed by atoms with E-state index in [1.807, 2.05) is 0 Å². The summed E-state index contributed by atoms with van der Waals surface area (Å²) in [5, 5.41) is 0. The molecule has 0 saturated heterocycles. The molecule has 57 valence electrons. The zero-order chi connectivity index (χ0) is 0. The number of halogens is 6. The molecule has 0 unspecified atom stereocenters. The van der Waals surface area contributed by atoms with Crippen LogP contribution in [-0.2, 0) is 19.5 Å². The Labute approximate surface area is 93.2 Å². The van der Waals surface area contributed by atoms with Gasteiger partial charge in [-0.05, 0) is 0 Å². The van der Waals surface area contributed by atoms with Gasteiger partial charge in [0.1, 0.15) is 0 Å². The van der Waals surface area contributed by atoms with Gasteiger partial charge in [-0.25, -0.2) is 0 Å². The molecule has 0 amide bonds. The monoisotopic (exact) mass is 319 g/mol. The molecule has 0 aliphatic rings. The molecule has 0 aliphatic heterocycles. The van der Waals surface area contributed by atoms with Gasteiger partial charge in [-0.3, -0.25) is 0 Å². The minimum Gasteiger partial charge on any atom is -0.147 e. The molecule has 0 atom stereocenters. The van der Waals surface area contributed by atoms with Crippen molar-refractivity contribution in [1.82, 2.24) is 0 Å². The Hall–Kier alpha value is 2.36. The standard InChI is InChI=1S/6ClH.Rh/h6*1H;. The molecule has 0 spiro atoms. The summed E-state index contributed by atoms with van der Waals surface area (Å²) in [4.78, 5) is 0. The fraction of sp³-hybridized carbons (Fsp3) is 0. The molecule has 7 heteroatoms. The predicted molar refractivity (Wildman–Crippen MR) is 43.5 cm³/mol. The van der Waals surface area contributed by atoms with Crippen molar-refractivity contribution in [2.75, 3.05) is 0 Å². The van der Waals surface area contributed by atoms with Gasteiger partial charge in [0.2, 0.25) is 0 Å².